The van der Waals surface area contributed by atoms with E-state index in [1.54, 1.807) is 6.92 Å². The van der Waals surface area contributed by atoms with Crippen molar-refractivity contribution in [3.8, 4) is 5.75 Å². The van der Waals surface area contributed by atoms with E-state index < -0.39 is 6.10 Å². The molecule has 88 valence electrons. The maximum Gasteiger partial charge on any atom is 0.260 e. The first-order chi connectivity index (χ1) is 7.74. The van der Waals surface area contributed by atoms with Crippen LogP contribution in [0.4, 0.5) is 0 Å². The summed E-state index contributed by atoms with van der Waals surface area (Å²) in [5.74, 6) is 0.665. The molecule has 3 heteroatoms. The van der Waals surface area contributed by atoms with E-state index in [1.165, 1.54) is 0 Å². The van der Waals surface area contributed by atoms with Crippen LogP contribution in [0.1, 0.15) is 26.7 Å². The third-order valence-electron chi connectivity index (χ3n) is 2.25. The van der Waals surface area contributed by atoms with Crippen molar-refractivity contribution >= 4 is 5.91 Å². The van der Waals surface area contributed by atoms with Crippen molar-refractivity contribution < 1.29 is 9.53 Å². The van der Waals surface area contributed by atoms with Gasteiger partial charge in [-0.05, 0) is 25.5 Å². The van der Waals surface area contributed by atoms with Gasteiger partial charge in [-0.15, -0.1) is 0 Å². The average Bonchev–Trinajstić information content (AvgIpc) is 2.30. The van der Waals surface area contributed by atoms with Gasteiger partial charge in [-0.2, -0.15) is 0 Å². The lowest BCUT2D eigenvalue weighted by Gasteiger charge is -2.14. The topological polar surface area (TPSA) is 38.3 Å². The maximum atomic E-state index is 11.6. The van der Waals surface area contributed by atoms with Crippen LogP contribution in [0.5, 0.6) is 5.75 Å². The number of amides is 1. The Bertz CT molecular complexity index is 311. The Morgan fingerprint density at radius 3 is 2.69 bits per heavy atom. The number of nitrogens with one attached hydrogen (secondary N) is 1. The minimum Gasteiger partial charge on any atom is -0.481 e. The van der Waals surface area contributed by atoms with Gasteiger partial charge in [0.2, 0.25) is 0 Å². The molecule has 0 fully saturated rings. The van der Waals surface area contributed by atoms with Gasteiger partial charge in [0.15, 0.2) is 6.10 Å². The average molecular weight is 221 g/mol. The number of hydrogen-bond donors (Lipinski definition) is 1. The molecule has 1 N–H and O–H groups in total. The summed E-state index contributed by atoms with van der Waals surface area (Å²) in [5, 5.41) is 2.84. The predicted octanol–water partition coefficient (Wildman–Crippen LogP) is 2.37. The Balaban J connectivity index is 2.34. The standard InChI is InChI=1S/C13H19NO2/c1-3-4-10-14-13(15)11(2)16-12-8-6-5-7-9-12/h5-9,11H,3-4,10H2,1-2H3,(H,14,15). The van der Waals surface area contributed by atoms with E-state index in [0.29, 0.717) is 0 Å². The normalized spacial score (nSPS) is 11.9. The summed E-state index contributed by atoms with van der Waals surface area (Å²) >= 11 is 0. The van der Waals surface area contributed by atoms with Crippen molar-refractivity contribution in [1.29, 1.82) is 0 Å². The molecular weight excluding hydrogens is 202 g/mol. The van der Waals surface area contributed by atoms with Crippen LogP contribution in [-0.4, -0.2) is 18.6 Å². The Labute approximate surface area is 96.8 Å². The van der Waals surface area contributed by atoms with Crippen molar-refractivity contribution in [1.82, 2.24) is 5.32 Å². The lowest BCUT2D eigenvalue weighted by molar-refractivity contribution is -0.127. The number of para-hydroxylation sites is 1. The zero-order chi connectivity index (χ0) is 11.8. The Morgan fingerprint density at radius 1 is 1.38 bits per heavy atom. The fourth-order valence-corrected chi connectivity index (χ4v) is 1.29. The van der Waals surface area contributed by atoms with E-state index in [1.807, 2.05) is 30.3 Å². The second-order valence-electron chi connectivity index (χ2n) is 3.72. The van der Waals surface area contributed by atoms with Crippen LogP contribution >= 0.6 is 0 Å². The number of benzene rings is 1. The van der Waals surface area contributed by atoms with Gasteiger partial charge in [0.25, 0.3) is 5.91 Å². The maximum absolute atomic E-state index is 11.6. The van der Waals surface area contributed by atoms with Gasteiger partial charge in [0.1, 0.15) is 5.75 Å². The van der Waals surface area contributed by atoms with Crippen molar-refractivity contribution in [3.63, 3.8) is 0 Å². The molecule has 0 bridgehead atoms. The number of unbranched alkanes of at least 4 members (excludes halogenated alkanes) is 1. The molecule has 1 rings (SSSR count). The number of ether oxygens (including phenoxy) is 1. The smallest absolute Gasteiger partial charge is 0.260 e. The summed E-state index contributed by atoms with van der Waals surface area (Å²) in [7, 11) is 0. The van der Waals surface area contributed by atoms with Crippen LogP contribution in [0.15, 0.2) is 30.3 Å². The Hall–Kier alpha value is -1.51. The minimum absolute atomic E-state index is 0.0581. The Kier molecular flexibility index (Phi) is 5.40. The lowest BCUT2D eigenvalue weighted by Crippen LogP contribution is -2.36. The summed E-state index contributed by atoms with van der Waals surface area (Å²) in [4.78, 5) is 11.6. The second-order valence-corrected chi connectivity index (χ2v) is 3.72. The summed E-state index contributed by atoms with van der Waals surface area (Å²) < 4.78 is 5.49. The zero-order valence-electron chi connectivity index (χ0n) is 9.90. The Morgan fingerprint density at radius 2 is 2.06 bits per heavy atom. The van der Waals surface area contributed by atoms with Crippen LogP contribution in [0, 0.1) is 0 Å². The fraction of sp³-hybridized carbons (Fsp3) is 0.462. The van der Waals surface area contributed by atoms with E-state index in [2.05, 4.69) is 12.2 Å². The van der Waals surface area contributed by atoms with Gasteiger partial charge in [-0.25, -0.2) is 0 Å². The molecule has 1 amide bonds. The van der Waals surface area contributed by atoms with Crippen molar-refractivity contribution in [3.05, 3.63) is 30.3 Å². The molecule has 0 saturated heterocycles. The van der Waals surface area contributed by atoms with Gasteiger partial charge < -0.3 is 10.1 Å². The molecular formula is C13H19NO2. The van der Waals surface area contributed by atoms with E-state index in [4.69, 9.17) is 4.74 Å². The van der Waals surface area contributed by atoms with Gasteiger partial charge in [-0.1, -0.05) is 31.5 Å². The molecule has 0 heterocycles. The monoisotopic (exact) mass is 221 g/mol. The second kappa shape index (κ2) is 6.88. The van der Waals surface area contributed by atoms with Gasteiger partial charge in [0.05, 0.1) is 0 Å². The molecule has 1 aromatic rings. The highest BCUT2D eigenvalue weighted by molar-refractivity contribution is 5.80. The number of hydrogen-bond acceptors (Lipinski definition) is 2. The van der Waals surface area contributed by atoms with Crippen LogP contribution in [0.25, 0.3) is 0 Å². The van der Waals surface area contributed by atoms with E-state index in [9.17, 15) is 4.79 Å². The molecule has 1 unspecified atom stereocenters. The molecule has 0 saturated carbocycles. The number of carbonyl (C=O) groups is 1. The molecule has 1 aromatic carbocycles. The fourth-order valence-electron chi connectivity index (χ4n) is 1.29. The van der Waals surface area contributed by atoms with E-state index in [0.717, 1.165) is 25.1 Å². The lowest BCUT2D eigenvalue weighted by atomic mass is 10.3. The molecule has 0 spiro atoms. The van der Waals surface area contributed by atoms with Crippen molar-refractivity contribution in [2.45, 2.75) is 32.8 Å². The quantitative estimate of drug-likeness (QED) is 0.749. The van der Waals surface area contributed by atoms with Crippen LogP contribution in [0.3, 0.4) is 0 Å². The van der Waals surface area contributed by atoms with Gasteiger partial charge in [-0.3, -0.25) is 4.79 Å². The molecule has 0 aliphatic rings. The molecule has 0 radical (unpaired) electrons. The van der Waals surface area contributed by atoms with E-state index >= 15 is 0 Å². The van der Waals surface area contributed by atoms with Gasteiger partial charge in [0, 0.05) is 6.54 Å². The highest BCUT2D eigenvalue weighted by Gasteiger charge is 2.13. The SMILES string of the molecule is CCCCNC(=O)C(C)Oc1ccccc1. The molecule has 3 nitrogen and oxygen atoms in total. The zero-order valence-corrected chi connectivity index (χ0v) is 9.90. The molecule has 0 aliphatic heterocycles. The molecule has 16 heavy (non-hydrogen) atoms. The first kappa shape index (κ1) is 12.6. The molecule has 1 atom stereocenters. The van der Waals surface area contributed by atoms with Gasteiger partial charge >= 0.3 is 0 Å². The van der Waals surface area contributed by atoms with Crippen molar-refractivity contribution in [2.75, 3.05) is 6.54 Å². The van der Waals surface area contributed by atoms with Crippen LogP contribution in [-0.2, 0) is 4.79 Å². The summed E-state index contributed by atoms with van der Waals surface area (Å²) in [6.07, 6.45) is 1.64. The van der Waals surface area contributed by atoms with Crippen LogP contribution in [0.2, 0.25) is 0 Å². The number of rotatable bonds is 6. The first-order valence-electron chi connectivity index (χ1n) is 5.73. The van der Waals surface area contributed by atoms with Crippen molar-refractivity contribution in [2.24, 2.45) is 0 Å². The predicted molar refractivity (Wildman–Crippen MR) is 64.4 cm³/mol. The summed E-state index contributed by atoms with van der Waals surface area (Å²) in [5.41, 5.74) is 0. The highest BCUT2D eigenvalue weighted by Crippen LogP contribution is 2.10. The molecule has 0 aromatic heterocycles. The van der Waals surface area contributed by atoms with Crippen LogP contribution < -0.4 is 10.1 Å². The number of carbonyl (C=O) groups excluding carboxylic acids is 1. The first-order valence-corrected chi connectivity index (χ1v) is 5.73. The highest BCUT2D eigenvalue weighted by atomic mass is 16.5. The minimum atomic E-state index is -0.445. The summed E-state index contributed by atoms with van der Waals surface area (Å²) in [6, 6.07) is 9.37. The third kappa shape index (κ3) is 4.34. The largest absolute Gasteiger partial charge is 0.481 e. The van der Waals surface area contributed by atoms with E-state index in [-0.39, 0.29) is 5.91 Å². The third-order valence-corrected chi connectivity index (χ3v) is 2.25. The molecule has 0 aliphatic carbocycles. The summed E-state index contributed by atoms with van der Waals surface area (Å²) in [6.45, 7) is 4.57.